The van der Waals surface area contributed by atoms with Crippen molar-refractivity contribution in [1.29, 1.82) is 0 Å². The molecule has 3 aromatic rings. The molecule has 4 rings (SSSR count). The van der Waals surface area contributed by atoms with Gasteiger partial charge in [0.2, 0.25) is 0 Å². The highest BCUT2D eigenvalue weighted by Crippen LogP contribution is 2.33. The summed E-state index contributed by atoms with van der Waals surface area (Å²) in [7, 11) is 1.61. The van der Waals surface area contributed by atoms with E-state index in [0.717, 1.165) is 13.0 Å². The number of hydrogen-bond donors (Lipinski definition) is 1. The lowest BCUT2D eigenvalue weighted by molar-refractivity contribution is 0.203. The number of fused-ring (bicyclic) bond motifs is 1. The van der Waals surface area contributed by atoms with E-state index in [1.54, 1.807) is 13.2 Å². The number of piperidine rings is 1. The first-order chi connectivity index (χ1) is 14.6. The van der Waals surface area contributed by atoms with Crippen molar-refractivity contribution in [3.8, 4) is 28.6 Å². The van der Waals surface area contributed by atoms with Crippen LogP contribution in [0, 0.1) is 0 Å². The number of phenolic OH excluding ortho intramolecular Hbond substituents is 1. The van der Waals surface area contributed by atoms with E-state index in [1.807, 2.05) is 18.2 Å². The monoisotopic (exact) mass is 409 g/mol. The zero-order valence-corrected chi connectivity index (χ0v) is 17.2. The summed E-state index contributed by atoms with van der Waals surface area (Å²) in [6.45, 7) is 3.97. The first-order valence-electron chi connectivity index (χ1n) is 10.4. The average molecular weight is 409 g/mol. The minimum Gasteiger partial charge on any atom is -0.508 e. The third-order valence-corrected chi connectivity index (χ3v) is 5.49. The Hall–Kier alpha value is -2.99. The molecule has 0 unspecified atom stereocenters. The summed E-state index contributed by atoms with van der Waals surface area (Å²) in [4.78, 5) is 14.9. The molecular weight excluding hydrogens is 382 g/mol. The number of ether oxygens (including phenoxy) is 2. The van der Waals surface area contributed by atoms with Gasteiger partial charge in [0.25, 0.3) is 0 Å². The molecule has 0 atom stereocenters. The van der Waals surface area contributed by atoms with Crippen LogP contribution in [0.3, 0.4) is 0 Å². The van der Waals surface area contributed by atoms with E-state index >= 15 is 0 Å². The first-order valence-corrected chi connectivity index (χ1v) is 10.4. The second-order valence-electron chi connectivity index (χ2n) is 7.63. The Morgan fingerprint density at radius 3 is 2.67 bits per heavy atom. The number of hydrogen-bond acceptors (Lipinski definition) is 6. The van der Waals surface area contributed by atoms with Crippen molar-refractivity contribution in [2.24, 2.45) is 0 Å². The number of likely N-dealkylation sites (tertiary alicyclic amines) is 1. The average Bonchev–Trinajstić information content (AvgIpc) is 2.77. The molecule has 1 aromatic heterocycles. The Kier molecular flexibility index (Phi) is 6.23. The molecule has 0 aliphatic carbocycles. The summed E-state index contributed by atoms with van der Waals surface area (Å²) in [5.74, 6) is 1.72. The molecule has 0 spiro atoms. The lowest BCUT2D eigenvalue weighted by Gasteiger charge is -2.26. The molecule has 0 amide bonds. The van der Waals surface area contributed by atoms with E-state index in [9.17, 15) is 9.90 Å². The van der Waals surface area contributed by atoms with E-state index in [1.165, 1.54) is 50.6 Å². The lowest BCUT2D eigenvalue weighted by Crippen LogP contribution is -2.31. The predicted molar refractivity (Wildman–Crippen MR) is 117 cm³/mol. The highest BCUT2D eigenvalue weighted by molar-refractivity contribution is 5.80. The van der Waals surface area contributed by atoms with E-state index in [-0.39, 0.29) is 11.2 Å². The Morgan fingerprint density at radius 2 is 1.87 bits per heavy atom. The smallest absolute Gasteiger partial charge is 0.193 e. The topological polar surface area (TPSA) is 72.1 Å². The zero-order chi connectivity index (χ0) is 20.9. The van der Waals surface area contributed by atoms with Crippen LogP contribution in [0.25, 0.3) is 22.3 Å². The van der Waals surface area contributed by atoms with Gasteiger partial charge in [-0.3, -0.25) is 4.79 Å². The molecule has 0 radical (unpaired) electrons. The summed E-state index contributed by atoms with van der Waals surface area (Å²) < 4.78 is 17.3. The Bertz CT molecular complexity index is 1070. The molecular formula is C24H27NO5. The van der Waals surface area contributed by atoms with Gasteiger partial charge in [0.05, 0.1) is 19.1 Å². The van der Waals surface area contributed by atoms with Gasteiger partial charge >= 0.3 is 0 Å². The van der Waals surface area contributed by atoms with Crippen molar-refractivity contribution in [2.45, 2.75) is 25.7 Å². The molecule has 1 aliphatic heterocycles. The van der Waals surface area contributed by atoms with Gasteiger partial charge in [-0.2, -0.15) is 0 Å². The second-order valence-corrected chi connectivity index (χ2v) is 7.63. The van der Waals surface area contributed by atoms with Crippen LogP contribution in [0.4, 0.5) is 0 Å². The van der Waals surface area contributed by atoms with Crippen molar-refractivity contribution in [1.82, 2.24) is 4.90 Å². The summed E-state index contributed by atoms with van der Waals surface area (Å²) in [5, 5.41) is 10.1. The Morgan fingerprint density at radius 1 is 1.03 bits per heavy atom. The molecule has 1 aliphatic rings. The second kappa shape index (κ2) is 9.22. The van der Waals surface area contributed by atoms with E-state index in [0.29, 0.717) is 40.4 Å². The van der Waals surface area contributed by atoms with Crippen LogP contribution in [0.15, 0.2) is 51.7 Å². The Balaban J connectivity index is 1.52. The van der Waals surface area contributed by atoms with Crippen molar-refractivity contribution < 1.29 is 19.0 Å². The van der Waals surface area contributed by atoms with E-state index in [2.05, 4.69) is 4.90 Å². The van der Waals surface area contributed by atoms with Gasteiger partial charge in [0.15, 0.2) is 16.9 Å². The molecule has 0 bridgehead atoms. The Labute approximate surface area is 175 Å². The largest absolute Gasteiger partial charge is 0.508 e. The van der Waals surface area contributed by atoms with Crippen molar-refractivity contribution in [2.75, 3.05) is 33.4 Å². The highest BCUT2D eigenvalue weighted by Gasteiger charge is 2.13. The van der Waals surface area contributed by atoms with Crippen LogP contribution in [-0.4, -0.2) is 43.4 Å². The summed E-state index contributed by atoms with van der Waals surface area (Å²) in [6, 6.07) is 11.4. The highest BCUT2D eigenvalue weighted by atomic mass is 16.5. The third kappa shape index (κ3) is 4.60. The fourth-order valence-corrected chi connectivity index (χ4v) is 3.88. The van der Waals surface area contributed by atoms with Crippen LogP contribution < -0.4 is 14.9 Å². The maximum atomic E-state index is 12.5. The molecule has 6 heteroatoms. The fourth-order valence-electron chi connectivity index (χ4n) is 3.88. The number of benzene rings is 2. The van der Waals surface area contributed by atoms with Gasteiger partial charge in [-0.05, 0) is 62.7 Å². The molecule has 1 saturated heterocycles. The zero-order valence-electron chi connectivity index (χ0n) is 17.2. The van der Waals surface area contributed by atoms with Crippen LogP contribution in [-0.2, 0) is 0 Å². The normalized spacial score (nSPS) is 14.7. The van der Waals surface area contributed by atoms with E-state index in [4.69, 9.17) is 13.9 Å². The van der Waals surface area contributed by atoms with Crippen LogP contribution in [0.1, 0.15) is 25.7 Å². The minimum atomic E-state index is -0.161. The number of methoxy groups -OCH3 is 1. The van der Waals surface area contributed by atoms with Gasteiger partial charge in [0, 0.05) is 24.2 Å². The van der Waals surface area contributed by atoms with Gasteiger partial charge < -0.3 is 23.9 Å². The van der Waals surface area contributed by atoms with Gasteiger partial charge in [-0.1, -0.05) is 6.42 Å². The standard InChI is InChI=1S/C24H27NO5/c1-28-21-9-6-17(14-24(21)29-13-5-12-25-10-3-2-4-11-25)22-16-20(27)19-8-7-18(26)15-23(19)30-22/h6-9,14-16,26H,2-5,10-13H2,1H3. The van der Waals surface area contributed by atoms with Crippen LogP contribution >= 0.6 is 0 Å². The maximum Gasteiger partial charge on any atom is 0.193 e. The minimum absolute atomic E-state index is 0.0512. The molecule has 0 saturated carbocycles. The summed E-state index contributed by atoms with van der Waals surface area (Å²) in [5.41, 5.74) is 0.896. The van der Waals surface area contributed by atoms with Gasteiger partial charge in [0.1, 0.15) is 17.1 Å². The molecule has 2 aromatic carbocycles. The lowest BCUT2D eigenvalue weighted by atomic mass is 10.1. The molecule has 158 valence electrons. The molecule has 2 heterocycles. The van der Waals surface area contributed by atoms with Crippen molar-refractivity contribution in [3.63, 3.8) is 0 Å². The number of nitrogens with zero attached hydrogens (tertiary/aromatic N) is 1. The third-order valence-electron chi connectivity index (χ3n) is 5.49. The predicted octanol–water partition coefficient (Wildman–Crippen LogP) is 4.43. The van der Waals surface area contributed by atoms with E-state index < -0.39 is 0 Å². The van der Waals surface area contributed by atoms with Crippen molar-refractivity contribution >= 4 is 11.0 Å². The quantitative estimate of drug-likeness (QED) is 0.582. The first kappa shape index (κ1) is 20.3. The van der Waals surface area contributed by atoms with Gasteiger partial charge in [-0.25, -0.2) is 0 Å². The number of aromatic hydroxyl groups is 1. The molecule has 6 nitrogen and oxygen atoms in total. The maximum absolute atomic E-state index is 12.5. The fraction of sp³-hybridized carbons (Fsp3) is 0.375. The summed E-state index contributed by atoms with van der Waals surface area (Å²) in [6.07, 6.45) is 4.84. The molecule has 1 fully saturated rings. The SMILES string of the molecule is COc1ccc(-c2cc(=O)c3ccc(O)cc3o2)cc1OCCCN1CCCCC1. The number of rotatable bonds is 7. The van der Waals surface area contributed by atoms with Crippen LogP contribution in [0.5, 0.6) is 17.2 Å². The van der Waals surface area contributed by atoms with Crippen LogP contribution in [0.2, 0.25) is 0 Å². The number of phenols is 1. The molecule has 1 N–H and O–H groups in total. The summed E-state index contributed by atoms with van der Waals surface area (Å²) >= 11 is 0. The molecule has 30 heavy (non-hydrogen) atoms. The van der Waals surface area contributed by atoms with Crippen molar-refractivity contribution in [3.05, 3.63) is 52.7 Å². The van der Waals surface area contributed by atoms with Gasteiger partial charge in [-0.15, -0.1) is 0 Å².